The number of aryl methyl sites for hydroxylation is 1. The molecule has 2 aromatic heterocycles. The fourth-order valence-corrected chi connectivity index (χ4v) is 4.58. The Morgan fingerprint density at radius 2 is 1.66 bits per heavy atom. The summed E-state index contributed by atoms with van der Waals surface area (Å²) in [4.78, 5) is 34.0. The number of nitrogens with two attached hydrogens (primary N) is 1. The Morgan fingerprint density at radius 1 is 1.00 bits per heavy atom. The van der Waals surface area contributed by atoms with Crippen LogP contribution in [0.2, 0.25) is 0 Å². The molecule has 0 saturated carbocycles. The molecule has 10 heteroatoms. The van der Waals surface area contributed by atoms with E-state index in [0.29, 0.717) is 11.6 Å². The number of hydrogen-bond acceptors (Lipinski definition) is 8. The number of aliphatic imine (C=N–C) groups is 1. The van der Waals surface area contributed by atoms with Gasteiger partial charge in [-0.15, -0.1) is 0 Å². The van der Waals surface area contributed by atoms with Gasteiger partial charge in [-0.25, -0.2) is 19.6 Å². The molecule has 0 saturated heterocycles. The summed E-state index contributed by atoms with van der Waals surface area (Å²) in [6, 6.07) is 14.6. The molecular weight excluding hydrogens is 448 g/mol. The van der Waals surface area contributed by atoms with Crippen LogP contribution in [0.1, 0.15) is 43.8 Å². The molecule has 0 amide bonds. The molecule has 1 aliphatic heterocycles. The van der Waals surface area contributed by atoms with Crippen molar-refractivity contribution in [2.24, 2.45) is 10.7 Å². The van der Waals surface area contributed by atoms with Crippen LogP contribution in [0.3, 0.4) is 0 Å². The summed E-state index contributed by atoms with van der Waals surface area (Å²) < 4.78 is 13.7. The summed E-state index contributed by atoms with van der Waals surface area (Å²) in [6.07, 6.45) is -0.456. The fraction of sp³-hybridized carbons (Fsp3) is 0.200. The molecule has 0 radical (unpaired) electrons. The van der Waals surface area contributed by atoms with E-state index in [9.17, 15) is 9.59 Å². The van der Waals surface area contributed by atoms with Crippen LogP contribution in [0, 0.1) is 13.8 Å². The van der Waals surface area contributed by atoms with Gasteiger partial charge in [-0.05, 0) is 50.2 Å². The number of fused-ring (bicyclic) bond motifs is 3. The minimum absolute atomic E-state index is 0.242. The van der Waals surface area contributed by atoms with E-state index in [0.717, 1.165) is 28.0 Å². The lowest BCUT2D eigenvalue weighted by atomic mass is 10.1. The highest BCUT2D eigenvalue weighted by Crippen LogP contribution is 2.36. The van der Waals surface area contributed by atoms with Crippen molar-refractivity contribution in [3.8, 4) is 5.69 Å². The highest BCUT2D eigenvalue weighted by atomic mass is 16.5. The number of ether oxygens (including phenoxy) is 2. The number of para-hydroxylation sites is 2. The normalized spacial score (nSPS) is 14.7. The van der Waals surface area contributed by atoms with E-state index in [1.165, 1.54) is 20.3 Å². The fourth-order valence-electron chi connectivity index (χ4n) is 4.58. The van der Waals surface area contributed by atoms with Crippen LogP contribution in [-0.4, -0.2) is 46.2 Å². The number of aromatic nitrogens is 3. The first-order valence-electron chi connectivity index (χ1n) is 10.9. The lowest BCUT2D eigenvalue weighted by molar-refractivity contribution is 0.0599. The number of esters is 2. The topological polar surface area (TPSA) is 126 Å². The summed E-state index contributed by atoms with van der Waals surface area (Å²) in [7, 11) is 2.59. The molecule has 35 heavy (non-hydrogen) atoms. The maximum absolute atomic E-state index is 12.3. The Bertz CT molecular complexity index is 1500. The highest BCUT2D eigenvalue weighted by Gasteiger charge is 2.28. The molecule has 0 unspecified atom stereocenters. The molecule has 0 spiro atoms. The van der Waals surface area contributed by atoms with E-state index in [2.05, 4.69) is 15.3 Å². The van der Waals surface area contributed by atoms with Gasteiger partial charge in [0.1, 0.15) is 0 Å². The Labute approximate surface area is 201 Å². The van der Waals surface area contributed by atoms with Crippen molar-refractivity contribution in [1.82, 2.24) is 14.1 Å². The zero-order valence-electron chi connectivity index (χ0n) is 19.7. The third-order valence-electron chi connectivity index (χ3n) is 6.11. The van der Waals surface area contributed by atoms with Crippen molar-refractivity contribution in [2.45, 2.75) is 20.0 Å². The van der Waals surface area contributed by atoms with Crippen LogP contribution < -0.4 is 11.1 Å². The lowest BCUT2D eigenvalue weighted by Gasteiger charge is -2.24. The molecule has 3 N–H and O–H groups in total. The van der Waals surface area contributed by atoms with Crippen LogP contribution in [0.25, 0.3) is 16.7 Å². The van der Waals surface area contributed by atoms with E-state index in [1.54, 1.807) is 12.1 Å². The Hall–Kier alpha value is -4.60. The second-order valence-electron chi connectivity index (χ2n) is 8.22. The largest absolute Gasteiger partial charge is 0.465 e. The van der Waals surface area contributed by atoms with Crippen molar-refractivity contribution in [1.29, 1.82) is 0 Å². The number of imidazole rings is 1. The quantitative estimate of drug-likeness (QED) is 0.437. The first-order chi connectivity index (χ1) is 16.8. The number of benzene rings is 2. The standard InChI is InChI=1S/C25H24N6O4/c1-13-9-18(21-28-24(26)29-25-27-19-7-5-6-8-20(19)31(21)25)14(2)30(13)17-11-15(22(32)34-3)10-16(12-17)23(33)35-4/h5-12,21H,1-4H3,(H3,26,27,28,29)/t21-/m0/s1. The summed E-state index contributed by atoms with van der Waals surface area (Å²) in [5, 5.41) is 3.04. The van der Waals surface area contributed by atoms with Crippen LogP contribution in [0.5, 0.6) is 0 Å². The predicted octanol–water partition coefficient (Wildman–Crippen LogP) is 3.30. The van der Waals surface area contributed by atoms with Crippen LogP contribution >= 0.6 is 0 Å². The second-order valence-corrected chi connectivity index (χ2v) is 8.22. The number of nitrogens with zero attached hydrogens (tertiary/aromatic N) is 4. The van der Waals surface area contributed by atoms with E-state index >= 15 is 0 Å². The number of rotatable bonds is 4. The van der Waals surface area contributed by atoms with Crippen molar-refractivity contribution >= 4 is 34.9 Å². The van der Waals surface area contributed by atoms with Crippen LogP contribution in [-0.2, 0) is 9.47 Å². The predicted molar refractivity (Wildman–Crippen MR) is 131 cm³/mol. The first kappa shape index (κ1) is 22.2. The van der Waals surface area contributed by atoms with Crippen molar-refractivity contribution in [3.05, 3.63) is 76.6 Å². The number of nitrogens with one attached hydrogen (secondary N) is 1. The zero-order chi connectivity index (χ0) is 24.9. The SMILES string of the molecule is COC(=O)c1cc(C(=O)OC)cc(-n2c(C)cc([C@H]3N=C(N)Nc4nc5ccccc5n43)c2C)c1. The number of anilines is 1. The Kier molecular flexibility index (Phi) is 5.28. The molecule has 1 aliphatic rings. The number of carbonyl (C=O) groups excluding carboxylic acids is 2. The summed E-state index contributed by atoms with van der Waals surface area (Å²) in [5.41, 5.74) is 11.6. The average molecular weight is 473 g/mol. The van der Waals surface area contributed by atoms with Crippen molar-refractivity contribution in [2.75, 3.05) is 19.5 Å². The molecule has 0 bridgehead atoms. The van der Waals surface area contributed by atoms with Crippen molar-refractivity contribution < 1.29 is 19.1 Å². The number of hydrogen-bond donors (Lipinski definition) is 2. The van der Waals surface area contributed by atoms with Gasteiger partial charge in [-0.1, -0.05) is 12.1 Å². The zero-order valence-corrected chi connectivity index (χ0v) is 19.7. The minimum Gasteiger partial charge on any atom is -0.465 e. The molecule has 1 atom stereocenters. The maximum atomic E-state index is 12.3. The molecule has 0 aliphatic carbocycles. The van der Waals surface area contributed by atoms with E-state index < -0.39 is 18.1 Å². The molecular formula is C25H24N6O4. The van der Waals surface area contributed by atoms with E-state index in [4.69, 9.17) is 15.2 Å². The first-order valence-corrected chi connectivity index (χ1v) is 10.9. The van der Waals surface area contributed by atoms with E-state index in [-0.39, 0.29) is 17.1 Å². The average Bonchev–Trinajstić information content (AvgIpc) is 3.38. The van der Waals surface area contributed by atoms with Gasteiger partial charge in [0.05, 0.1) is 36.4 Å². The lowest BCUT2D eigenvalue weighted by Crippen LogP contribution is -2.31. The Balaban J connectivity index is 1.70. The molecule has 2 aromatic carbocycles. The molecule has 10 nitrogen and oxygen atoms in total. The van der Waals surface area contributed by atoms with Crippen LogP contribution in [0.15, 0.2) is 53.5 Å². The van der Waals surface area contributed by atoms with Gasteiger partial charge in [0.15, 0.2) is 12.1 Å². The number of methoxy groups -OCH3 is 2. The van der Waals surface area contributed by atoms with Gasteiger partial charge in [-0.2, -0.15) is 0 Å². The third-order valence-corrected chi connectivity index (χ3v) is 6.11. The Morgan fingerprint density at radius 3 is 2.31 bits per heavy atom. The van der Waals surface area contributed by atoms with Gasteiger partial charge >= 0.3 is 11.9 Å². The summed E-state index contributed by atoms with van der Waals surface area (Å²) >= 11 is 0. The summed E-state index contributed by atoms with van der Waals surface area (Å²) in [5.74, 6) is -0.229. The molecule has 3 heterocycles. The van der Waals surface area contributed by atoms with Gasteiger partial charge in [0.25, 0.3) is 0 Å². The minimum atomic E-state index is -0.551. The smallest absolute Gasteiger partial charge is 0.337 e. The maximum Gasteiger partial charge on any atom is 0.337 e. The van der Waals surface area contributed by atoms with E-state index in [1.807, 2.05) is 53.3 Å². The van der Waals surface area contributed by atoms with Gasteiger partial charge in [-0.3, -0.25) is 9.88 Å². The van der Waals surface area contributed by atoms with Crippen molar-refractivity contribution in [3.63, 3.8) is 0 Å². The number of carbonyl (C=O) groups is 2. The molecule has 4 aromatic rings. The highest BCUT2D eigenvalue weighted by molar-refractivity contribution is 5.96. The molecule has 0 fully saturated rings. The number of guanidine groups is 1. The van der Waals surface area contributed by atoms with Gasteiger partial charge in [0, 0.05) is 22.6 Å². The second kappa shape index (κ2) is 8.32. The van der Waals surface area contributed by atoms with Gasteiger partial charge < -0.3 is 19.8 Å². The van der Waals surface area contributed by atoms with Gasteiger partial charge in [0.2, 0.25) is 5.95 Å². The molecule has 5 rings (SSSR count). The summed E-state index contributed by atoms with van der Waals surface area (Å²) in [6.45, 7) is 3.90. The van der Waals surface area contributed by atoms with Crippen LogP contribution in [0.4, 0.5) is 5.95 Å². The molecule has 178 valence electrons. The monoisotopic (exact) mass is 472 g/mol. The third kappa shape index (κ3) is 3.59.